The molecule has 0 unspecified atom stereocenters. The normalized spacial score (nSPS) is 11.5. The minimum absolute atomic E-state index is 0.0960. The predicted molar refractivity (Wildman–Crippen MR) is 98.6 cm³/mol. The molecule has 1 amide bonds. The molecule has 0 spiro atoms. The Labute approximate surface area is 151 Å². The Morgan fingerprint density at radius 1 is 1.08 bits per heavy atom. The molecule has 0 aliphatic rings. The number of amides is 1. The fourth-order valence-corrected chi connectivity index (χ4v) is 2.60. The molecule has 0 fully saturated rings. The fraction of sp³-hybridized carbons (Fsp3) is 0.143. The van der Waals surface area contributed by atoms with Gasteiger partial charge in [0.05, 0.1) is 17.7 Å². The number of nitrogens with one attached hydrogen (secondary N) is 1. The minimum Gasteiger partial charge on any atom is -0.484 e. The summed E-state index contributed by atoms with van der Waals surface area (Å²) in [6, 6.07) is 22.2. The lowest BCUT2D eigenvalue weighted by molar-refractivity contribution is -0.123. The molecule has 3 aromatic carbocycles. The zero-order valence-electron chi connectivity index (χ0n) is 14.1. The zero-order chi connectivity index (χ0) is 18.4. The summed E-state index contributed by atoms with van der Waals surface area (Å²) in [4.78, 5) is 11.9. The van der Waals surface area contributed by atoms with Gasteiger partial charge in [0.2, 0.25) is 0 Å². The van der Waals surface area contributed by atoms with Crippen molar-refractivity contribution in [2.75, 3.05) is 13.2 Å². The standard InChI is InChI=1S/C21H18N2O3/c22-12-15-4-3-7-19(10-15)26-14-21(25)23-13-20(24)18-9-8-16-5-1-2-6-17(16)11-18/h1-11,20,24H,13-14H2,(H,23,25)/t20-/m0/s1. The summed E-state index contributed by atoms with van der Waals surface area (Å²) in [6.45, 7) is -0.0852. The first-order valence-electron chi connectivity index (χ1n) is 8.22. The number of benzene rings is 3. The van der Waals surface area contributed by atoms with Gasteiger partial charge >= 0.3 is 0 Å². The third kappa shape index (κ3) is 4.38. The molecule has 0 aliphatic heterocycles. The van der Waals surface area contributed by atoms with E-state index in [1.54, 1.807) is 24.3 Å². The van der Waals surface area contributed by atoms with E-state index < -0.39 is 6.10 Å². The van der Waals surface area contributed by atoms with Crippen LogP contribution in [0.4, 0.5) is 0 Å². The van der Waals surface area contributed by atoms with E-state index in [0.29, 0.717) is 11.3 Å². The van der Waals surface area contributed by atoms with Crippen LogP contribution in [0.5, 0.6) is 5.75 Å². The summed E-state index contributed by atoms with van der Waals surface area (Å²) in [7, 11) is 0. The van der Waals surface area contributed by atoms with Crippen LogP contribution in [0.25, 0.3) is 10.8 Å². The van der Waals surface area contributed by atoms with Crippen LogP contribution < -0.4 is 10.1 Å². The first-order valence-corrected chi connectivity index (χ1v) is 8.22. The van der Waals surface area contributed by atoms with E-state index in [0.717, 1.165) is 16.3 Å². The van der Waals surface area contributed by atoms with E-state index in [9.17, 15) is 9.90 Å². The molecule has 3 rings (SSSR count). The molecule has 0 heterocycles. The Morgan fingerprint density at radius 2 is 1.88 bits per heavy atom. The molecule has 0 saturated carbocycles. The van der Waals surface area contributed by atoms with Gasteiger partial charge in [-0.25, -0.2) is 0 Å². The van der Waals surface area contributed by atoms with Gasteiger partial charge in [0.1, 0.15) is 5.75 Å². The van der Waals surface area contributed by atoms with Crippen LogP contribution in [0.3, 0.4) is 0 Å². The van der Waals surface area contributed by atoms with Gasteiger partial charge in [0, 0.05) is 6.54 Å². The SMILES string of the molecule is N#Cc1cccc(OCC(=O)NC[C@H](O)c2ccc3ccccc3c2)c1. The largest absolute Gasteiger partial charge is 0.484 e. The van der Waals surface area contributed by atoms with Crippen LogP contribution in [0.2, 0.25) is 0 Å². The third-order valence-electron chi connectivity index (χ3n) is 3.98. The van der Waals surface area contributed by atoms with Gasteiger partial charge in [-0.1, -0.05) is 42.5 Å². The Hall–Kier alpha value is -3.36. The van der Waals surface area contributed by atoms with Crippen LogP contribution in [-0.2, 0) is 4.79 Å². The molecule has 5 heteroatoms. The third-order valence-corrected chi connectivity index (χ3v) is 3.98. The number of fused-ring (bicyclic) bond motifs is 1. The molecule has 5 nitrogen and oxygen atoms in total. The molecule has 2 N–H and O–H groups in total. The molecule has 3 aromatic rings. The number of hydrogen-bond donors (Lipinski definition) is 2. The van der Waals surface area contributed by atoms with E-state index in [1.807, 2.05) is 48.5 Å². The highest BCUT2D eigenvalue weighted by Crippen LogP contribution is 2.20. The smallest absolute Gasteiger partial charge is 0.258 e. The predicted octanol–water partition coefficient (Wildman–Crippen LogP) is 2.94. The van der Waals surface area contributed by atoms with Gasteiger partial charge in [0.25, 0.3) is 5.91 Å². The van der Waals surface area contributed by atoms with Gasteiger partial charge in [0.15, 0.2) is 6.61 Å². The number of ether oxygens (including phenoxy) is 1. The van der Waals surface area contributed by atoms with Crippen molar-refractivity contribution < 1.29 is 14.6 Å². The van der Waals surface area contributed by atoms with E-state index in [2.05, 4.69) is 5.32 Å². The first-order chi connectivity index (χ1) is 12.7. The maximum atomic E-state index is 11.9. The molecular weight excluding hydrogens is 328 g/mol. The van der Waals surface area contributed by atoms with Crippen molar-refractivity contribution in [3.63, 3.8) is 0 Å². The summed E-state index contributed by atoms with van der Waals surface area (Å²) in [5, 5.41) is 23.9. The lowest BCUT2D eigenvalue weighted by atomic mass is 10.0. The Kier molecular flexibility index (Phi) is 5.47. The fourth-order valence-electron chi connectivity index (χ4n) is 2.60. The summed E-state index contributed by atoms with van der Waals surface area (Å²) >= 11 is 0. The number of carbonyl (C=O) groups excluding carboxylic acids is 1. The van der Waals surface area contributed by atoms with Crippen molar-refractivity contribution >= 4 is 16.7 Å². The van der Waals surface area contributed by atoms with E-state index in [-0.39, 0.29) is 19.1 Å². The van der Waals surface area contributed by atoms with Gasteiger partial charge in [-0.05, 0) is 40.6 Å². The lowest BCUT2D eigenvalue weighted by Gasteiger charge is -2.13. The Bertz CT molecular complexity index is 963. The summed E-state index contributed by atoms with van der Waals surface area (Å²) in [5.41, 5.74) is 1.21. The molecule has 130 valence electrons. The second kappa shape index (κ2) is 8.15. The van der Waals surface area contributed by atoms with Crippen LogP contribution in [0, 0.1) is 11.3 Å². The van der Waals surface area contributed by atoms with Crippen LogP contribution in [0.15, 0.2) is 66.7 Å². The topological polar surface area (TPSA) is 82.3 Å². The first kappa shape index (κ1) is 17.5. The van der Waals surface area contributed by atoms with Crippen LogP contribution >= 0.6 is 0 Å². The van der Waals surface area contributed by atoms with E-state index in [1.165, 1.54) is 0 Å². The van der Waals surface area contributed by atoms with Crippen molar-refractivity contribution in [2.45, 2.75) is 6.10 Å². The molecule has 0 bridgehead atoms. The van der Waals surface area contributed by atoms with Crippen molar-refractivity contribution in [3.05, 3.63) is 77.9 Å². The molecule has 1 atom stereocenters. The van der Waals surface area contributed by atoms with Gasteiger partial charge < -0.3 is 15.2 Å². The molecular formula is C21H18N2O3. The van der Waals surface area contributed by atoms with Gasteiger partial charge in [-0.15, -0.1) is 0 Å². The second-order valence-electron chi connectivity index (χ2n) is 5.85. The second-order valence-corrected chi connectivity index (χ2v) is 5.85. The highest BCUT2D eigenvalue weighted by Gasteiger charge is 2.11. The van der Waals surface area contributed by atoms with Crippen LogP contribution in [-0.4, -0.2) is 24.2 Å². The number of nitrogens with zero attached hydrogens (tertiary/aromatic N) is 1. The van der Waals surface area contributed by atoms with Crippen LogP contribution in [0.1, 0.15) is 17.2 Å². The molecule has 0 aliphatic carbocycles. The molecule has 0 radical (unpaired) electrons. The van der Waals surface area contributed by atoms with Crippen molar-refractivity contribution in [1.82, 2.24) is 5.32 Å². The quantitative estimate of drug-likeness (QED) is 0.719. The van der Waals surface area contributed by atoms with Gasteiger partial charge in [-0.3, -0.25) is 4.79 Å². The highest BCUT2D eigenvalue weighted by atomic mass is 16.5. The minimum atomic E-state index is -0.800. The monoisotopic (exact) mass is 346 g/mol. The van der Waals surface area contributed by atoms with Crippen molar-refractivity contribution in [1.29, 1.82) is 5.26 Å². The summed E-state index contributed by atoms with van der Waals surface area (Å²) in [5.74, 6) is 0.112. The van der Waals surface area contributed by atoms with E-state index in [4.69, 9.17) is 10.00 Å². The number of hydrogen-bond acceptors (Lipinski definition) is 4. The summed E-state index contributed by atoms with van der Waals surface area (Å²) in [6.07, 6.45) is -0.800. The average molecular weight is 346 g/mol. The zero-order valence-corrected chi connectivity index (χ0v) is 14.1. The Balaban J connectivity index is 1.52. The number of rotatable bonds is 6. The molecule has 26 heavy (non-hydrogen) atoms. The van der Waals surface area contributed by atoms with Gasteiger partial charge in [-0.2, -0.15) is 5.26 Å². The maximum absolute atomic E-state index is 11.9. The van der Waals surface area contributed by atoms with Crippen molar-refractivity contribution in [3.8, 4) is 11.8 Å². The lowest BCUT2D eigenvalue weighted by Crippen LogP contribution is -2.32. The number of aliphatic hydroxyl groups is 1. The average Bonchev–Trinajstić information content (AvgIpc) is 2.70. The number of carbonyl (C=O) groups is 1. The molecule has 0 saturated heterocycles. The number of aliphatic hydroxyl groups excluding tert-OH is 1. The summed E-state index contributed by atoms with van der Waals surface area (Å²) < 4.78 is 5.36. The number of nitriles is 1. The molecule has 0 aromatic heterocycles. The Morgan fingerprint density at radius 3 is 2.69 bits per heavy atom. The van der Waals surface area contributed by atoms with Crippen molar-refractivity contribution in [2.24, 2.45) is 0 Å². The highest BCUT2D eigenvalue weighted by molar-refractivity contribution is 5.83. The maximum Gasteiger partial charge on any atom is 0.258 e. The van der Waals surface area contributed by atoms with E-state index >= 15 is 0 Å².